The lowest BCUT2D eigenvalue weighted by molar-refractivity contribution is -0.149. The Hall–Kier alpha value is -1.93. The predicted octanol–water partition coefficient (Wildman–Crippen LogP) is -0.0929. The Kier molecular flexibility index (Phi) is 4.24. The first-order chi connectivity index (χ1) is 12.1. The fourth-order valence-electron chi connectivity index (χ4n) is 4.56. The molecule has 25 heavy (non-hydrogen) atoms. The molecule has 2 atom stereocenters. The van der Waals surface area contributed by atoms with Crippen molar-refractivity contribution in [3.63, 3.8) is 0 Å². The van der Waals surface area contributed by atoms with E-state index in [2.05, 4.69) is 10.00 Å². The number of carbonyl (C=O) groups excluding carboxylic acids is 1. The Morgan fingerprint density at radius 3 is 2.68 bits per heavy atom. The second-order valence-corrected chi connectivity index (χ2v) is 7.41. The van der Waals surface area contributed by atoms with E-state index in [4.69, 9.17) is 4.74 Å². The molecule has 3 saturated heterocycles. The zero-order chi connectivity index (χ0) is 17.4. The van der Waals surface area contributed by atoms with Crippen LogP contribution in [0.15, 0.2) is 18.5 Å². The minimum atomic E-state index is -0.835. The van der Waals surface area contributed by atoms with Gasteiger partial charge in [-0.2, -0.15) is 5.10 Å². The second-order valence-electron chi connectivity index (χ2n) is 7.41. The number of rotatable bonds is 4. The standard InChI is InChI=1S/C17H24N4O4/c22-15(10-21-5-1-4-18-21)20-9-13-8-19(14-2-6-25-7-3-14)11-17(13,12-20)16(23)24/h1,4-5,13-14H,2-3,6-12H2,(H,23,24)/t13-,17-/m1/s1. The molecular weight excluding hydrogens is 324 g/mol. The van der Waals surface area contributed by atoms with Gasteiger partial charge in [0.2, 0.25) is 5.91 Å². The van der Waals surface area contributed by atoms with Crippen molar-refractivity contribution in [3.8, 4) is 0 Å². The van der Waals surface area contributed by atoms with Crippen molar-refractivity contribution in [2.24, 2.45) is 11.3 Å². The quantitative estimate of drug-likeness (QED) is 0.818. The summed E-state index contributed by atoms with van der Waals surface area (Å²) in [5.74, 6) is -0.841. The maximum absolute atomic E-state index is 12.5. The third-order valence-corrected chi connectivity index (χ3v) is 5.98. The lowest BCUT2D eigenvalue weighted by Crippen LogP contribution is -2.45. The van der Waals surface area contributed by atoms with E-state index < -0.39 is 11.4 Å². The van der Waals surface area contributed by atoms with Crippen LogP contribution in [-0.2, 0) is 20.9 Å². The number of carboxylic acids is 1. The fourth-order valence-corrected chi connectivity index (χ4v) is 4.56. The molecule has 0 unspecified atom stereocenters. The largest absolute Gasteiger partial charge is 0.481 e. The van der Waals surface area contributed by atoms with Crippen LogP contribution < -0.4 is 0 Å². The highest BCUT2D eigenvalue weighted by Crippen LogP contribution is 2.44. The molecule has 1 amide bonds. The van der Waals surface area contributed by atoms with E-state index in [9.17, 15) is 14.7 Å². The first-order valence-electron chi connectivity index (χ1n) is 8.89. The van der Waals surface area contributed by atoms with Gasteiger partial charge in [0.1, 0.15) is 12.0 Å². The molecule has 1 aromatic heterocycles. The number of fused-ring (bicyclic) bond motifs is 1. The molecule has 0 bridgehead atoms. The number of likely N-dealkylation sites (tertiary alicyclic amines) is 2. The summed E-state index contributed by atoms with van der Waals surface area (Å²) in [5.41, 5.74) is -0.835. The Morgan fingerprint density at radius 1 is 1.24 bits per heavy atom. The zero-order valence-electron chi connectivity index (χ0n) is 14.2. The first kappa shape index (κ1) is 16.5. The van der Waals surface area contributed by atoms with Gasteiger partial charge in [-0.25, -0.2) is 0 Å². The first-order valence-corrected chi connectivity index (χ1v) is 8.89. The molecule has 0 saturated carbocycles. The van der Waals surface area contributed by atoms with Crippen LogP contribution in [0.2, 0.25) is 0 Å². The Bertz CT molecular complexity index is 643. The highest BCUT2D eigenvalue weighted by molar-refractivity contribution is 5.81. The number of carboxylic acid groups (broad SMARTS) is 1. The lowest BCUT2D eigenvalue weighted by Gasteiger charge is -2.33. The van der Waals surface area contributed by atoms with Gasteiger partial charge in [-0.3, -0.25) is 19.2 Å². The van der Waals surface area contributed by atoms with E-state index in [-0.39, 0.29) is 18.4 Å². The maximum Gasteiger partial charge on any atom is 0.313 e. The number of hydrogen-bond donors (Lipinski definition) is 1. The summed E-state index contributed by atoms with van der Waals surface area (Å²) in [7, 11) is 0. The molecule has 3 aliphatic heterocycles. The van der Waals surface area contributed by atoms with Gasteiger partial charge in [0.15, 0.2) is 0 Å². The summed E-state index contributed by atoms with van der Waals surface area (Å²) in [5, 5.41) is 14.0. The molecule has 8 nitrogen and oxygen atoms in total. The number of ether oxygens (including phenoxy) is 1. The van der Waals surface area contributed by atoms with Crippen molar-refractivity contribution in [2.45, 2.75) is 25.4 Å². The summed E-state index contributed by atoms with van der Waals surface area (Å²) in [4.78, 5) is 28.7. The van der Waals surface area contributed by atoms with Crippen molar-refractivity contribution < 1.29 is 19.4 Å². The number of aromatic nitrogens is 2. The van der Waals surface area contributed by atoms with Gasteiger partial charge in [0.25, 0.3) is 0 Å². The normalized spacial score (nSPS) is 30.6. The smallest absolute Gasteiger partial charge is 0.313 e. The van der Waals surface area contributed by atoms with E-state index in [0.717, 1.165) is 32.6 Å². The number of carbonyl (C=O) groups is 2. The predicted molar refractivity (Wildman–Crippen MR) is 87.8 cm³/mol. The van der Waals surface area contributed by atoms with Gasteiger partial charge in [0.05, 0.1) is 0 Å². The Balaban J connectivity index is 1.45. The van der Waals surface area contributed by atoms with Crippen LogP contribution in [0.1, 0.15) is 12.8 Å². The van der Waals surface area contributed by atoms with Crippen LogP contribution in [-0.4, -0.2) is 82.0 Å². The molecule has 136 valence electrons. The van der Waals surface area contributed by atoms with E-state index in [1.807, 2.05) is 0 Å². The Labute approximate surface area is 146 Å². The minimum absolute atomic E-state index is 0.00517. The highest BCUT2D eigenvalue weighted by atomic mass is 16.5. The highest BCUT2D eigenvalue weighted by Gasteiger charge is 2.59. The van der Waals surface area contributed by atoms with E-state index >= 15 is 0 Å². The topological polar surface area (TPSA) is 87.9 Å². The molecule has 1 aromatic rings. The molecule has 0 aromatic carbocycles. The molecule has 0 aliphatic carbocycles. The average molecular weight is 348 g/mol. The van der Waals surface area contributed by atoms with Crippen LogP contribution in [0.3, 0.4) is 0 Å². The summed E-state index contributed by atoms with van der Waals surface area (Å²) in [6.45, 7) is 3.77. The van der Waals surface area contributed by atoms with Crippen LogP contribution in [0.4, 0.5) is 0 Å². The van der Waals surface area contributed by atoms with Crippen molar-refractivity contribution in [2.75, 3.05) is 39.4 Å². The van der Waals surface area contributed by atoms with E-state index in [0.29, 0.717) is 25.7 Å². The summed E-state index contributed by atoms with van der Waals surface area (Å²) in [6, 6.07) is 2.18. The summed E-state index contributed by atoms with van der Waals surface area (Å²) in [6.07, 6.45) is 5.31. The average Bonchev–Trinajstić information content (AvgIpc) is 3.29. The van der Waals surface area contributed by atoms with Crippen LogP contribution >= 0.6 is 0 Å². The van der Waals surface area contributed by atoms with Gasteiger partial charge >= 0.3 is 5.97 Å². The molecule has 3 aliphatic rings. The van der Waals surface area contributed by atoms with Crippen LogP contribution in [0.25, 0.3) is 0 Å². The number of amides is 1. The van der Waals surface area contributed by atoms with Gasteiger partial charge < -0.3 is 14.7 Å². The van der Waals surface area contributed by atoms with Gasteiger partial charge in [-0.1, -0.05) is 0 Å². The molecular formula is C17H24N4O4. The summed E-state index contributed by atoms with van der Waals surface area (Å²) < 4.78 is 7.00. The van der Waals surface area contributed by atoms with Crippen molar-refractivity contribution in [1.82, 2.24) is 19.6 Å². The van der Waals surface area contributed by atoms with Crippen LogP contribution in [0, 0.1) is 11.3 Å². The molecule has 1 N–H and O–H groups in total. The van der Waals surface area contributed by atoms with Gasteiger partial charge in [-0.15, -0.1) is 0 Å². The van der Waals surface area contributed by atoms with Crippen LogP contribution in [0.5, 0.6) is 0 Å². The minimum Gasteiger partial charge on any atom is -0.481 e. The summed E-state index contributed by atoms with van der Waals surface area (Å²) >= 11 is 0. The maximum atomic E-state index is 12.5. The molecule has 0 radical (unpaired) electrons. The second kappa shape index (κ2) is 6.42. The zero-order valence-corrected chi connectivity index (χ0v) is 14.2. The van der Waals surface area contributed by atoms with Crippen molar-refractivity contribution >= 4 is 11.9 Å². The van der Waals surface area contributed by atoms with Gasteiger partial charge in [0, 0.05) is 63.7 Å². The molecule has 3 fully saturated rings. The number of nitrogens with zero attached hydrogens (tertiary/aromatic N) is 4. The van der Waals surface area contributed by atoms with Gasteiger partial charge in [-0.05, 0) is 18.9 Å². The lowest BCUT2D eigenvalue weighted by atomic mass is 9.81. The Morgan fingerprint density at radius 2 is 2.04 bits per heavy atom. The molecule has 0 spiro atoms. The fraction of sp³-hybridized carbons (Fsp3) is 0.706. The third kappa shape index (κ3) is 2.93. The molecule has 4 rings (SSSR count). The van der Waals surface area contributed by atoms with Crippen molar-refractivity contribution in [1.29, 1.82) is 0 Å². The SMILES string of the molecule is O=C(Cn1cccn1)N1C[C@H]2CN(C3CCOCC3)C[C@@]2(C(=O)O)C1. The van der Waals surface area contributed by atoms with E-state index in [1.165, 1.54) is 0 Å². The third-order valence-electron chi connectivity index (χ3n) is 5.98. The number of hydrogen-bond acceptors (Lipinski definition) is 5. The number of aliphatic carboxylic acids is 1. The monoisotopic (exact) mass is 348 g/mol. The van der Waals surface area contributed by atoms with Crippen molar-refractivity contribution in [3.05, 3.63) is 18.5 Å². The molecule has 4 heterocycles. The van der Waals surface area contributed by atoms with E-state index in [1.54, 1.807) is 28.0 Å². The molecule has 8 heteroatoms.